The van der Waals surface area contributed by atoms with Crippen molar-refractivity contribution in [2.75, 3.05) is 39.6 Å². The van der Waals surface area contributed by atoms with E-state index in [-0.39, 0.29) is 11.8 Å². The number of hydrogen-bond donors (Lipinski definition) is 0. The lowest BCUT2D eigenvalue weighted by atomic mass is 9.97. The summed E-state index contributed by atoms with van der Waals surface area (Å²) < 4.78 is 34.3. The summed E-state index contributed by atoms with van der Waals surface area (Å²) in [6.07, 6.45) is 1.43. The van der Waals surface area contributed by atoms with Gasteiger partial charge in [-0.1, -0.05) is 48.5 Å². The minimum atomic E-state index is -1.36. The summed E-state index contributed by atoms with van der Waals surface area (Å²) in [5.74, 6) is 0.342. The van der Waals surface area contributed by atoms with Gasteiger partial charge < -0.3 is 28.4 Å². The van der Waals surface area contributed by atoms with Crippen LogP contribution in [0, 0.1) is 0 Å². The molecule has 0 amide bonds. The Kier molecular flexibility index (Phi) is 5.30. The molecule has 4 aliphatic heterocycles. The Morgan fingerprint density at radius 2 is 0.903 bits per heavy atom. The first kappa shape index (κ1) is 19.9. The van der Waals surface area contributed by atoms with E-state index in [0.29, 0.717) is 38.6 Å². The van der Waals surface area contributed by atoms with E-state index in [1.165, 1.54) is 22.3 Å². The topological polar surface area (TPSA) is 62.0 Å². The van der Waals surface area contributed by atoms with E-state index >= 15 is 0 Å². The Morgan fingerprint density at radius 3 is 1.23 bits per heavy atom. The minimum Gasteiger partial charge on any atom is -0.373 e. The van der Waals surface area contributed by atoms with E-state index in [4.69, 9.17) is 28.4 Å². The van der Waals surface area contributed by atoms with Crippen LogP contribution in [-0.2, 0) is 41.3 Å². The second-order valence-electron chi connectivity index (χ2n) is 8.94. The van der Waals surface area contributed by atoms with Gasteiger partial charge in [0.2, 0.25) is 0 Å². The lowest BCUT2D eigenvalue weighted by Crippen LogP contribution is -2.52. The van der Waals surface area contributed by atoms with Gasteiger partial charge in [-0.15, -0.1) is 0 Å². The highest BCUT2D eigenvalue weighted by Gasteiger charge is 2.45. The predicted molar refractivity (Wildman–Crippen MR) is 112 cm³/mol. The molecule has 6 rings (SSSR count). The highest BCUT2D eigenvalue weighted by molar-refractivity contribution is 5.28. The van der Waals surface area contributed by atoms with Crippen molar-refractivity contribution in [3.05, 3.63) is 70.8 Å². The van der Waals surface area contributed by atoms with Gasteiger partial charge in [0.1, 0.15) is 0 Å². The molecule has 2 aromatic carbocycles. The Balaban J connectivity index is 1.01. The first-order valence-corrected chi connectivity index (χ1v) is 11.2. The second-order valence-corrected chi connectivity index (χ2v) is 8.94. The molecule has 31 heavy (non-hydrogen) atoms. The van der Waals surface area contributed by atoms with E-state index in [9.17, 15) is 0 Å². The fourth-order valence-electron chi connectivity index (χ4n) is 4.29. The predicted octanol–water partition coefficient (Wildman–Crippen LogP) is 3.14. The van der Waals surface area contributed by atoms with Gasteiger partial charge in [-0.05, 0) is 22.3 Å². The zero-order valence-corrected chi connectivity index (χ0v) is 17.5. The van der Waals surface area contributed by atoms with Crippen molar-refractivity contribution >= 4 is 0 Å². The van der Waals surface area contributed by atoms with Crippen LogP contribution in [0.1, 0.15) is 34.1 Å². The summed E-state index contributed by atoms with van der Waals surface area (Å²) >= 11 is 0. The van der Waals surface area contributed by atoms with E-state index in [1.54, 1.807) is 0 Å². The quantitative estimate of drug-likeness (QED) is 0.664. The highest BCUT2D eigenvalue weighted by atomic mass is 17.0. The Morgan fingerprint density at radius 1 is 0.548 bits per heavy atom. The molecule has 0 saturated carbocycles. The zero-order chi connectivity index (χ0) is 20.7. The Labute approximate surface area is 182 Å². The van der Waals surface area contributed by atoms with Crippen LogP contribution in [0.3, 0.4) is 0 Å². The molecule has 0 N–H and O–H groups in total. The lowest BCUT2D eigenvalue weighted by Gasteiger charge is -2.42. The van der Waals surface area contributed by atoms with Gasteiger partial charge in [0.15, 0.2) is 0 Å². The monoisotopic (exact) mass is 424 g/mol. The molecular formula is C25H28O6. The van der Waals surface area contributed by atoms with Gasteiger partial charge in [-0.2, -0.15) is 0 Å². The molecule has 4 heterocycles. The molecule has 0 aliphatic carbocycles. The molecule has 6 nitrogen and oxygen atoms in total. The second kappa shape index (κ2) is 8.28. The minimum absolute atomic E-state index is 0.171. The number of epoxide rings is 2. The average molecular weight is 424 g/mol. The molecule has 1 spiro atoms. The number of rotatable bonds is 6. The summed E-state index contributed by atoms with van der Waals surface area (Å²) in [5.41, 5.74) is 5.03. The number of benzene rings is 2. The molecule has 0 radical (unpaired) electrons. The molecule has 0 aromatic heterocycles. The van der Waals surface area contributed by atoms with Crippen LogP contribution in [0.15, 0.2) is 48.5 Å². The third kappa shape index (κ3) is 4.70. The summed E-state index contributed by atoms with van der Waals surface area (Å²) in [6, 6.07) is 17.3. The van der Waals surface area contributed by atoms with Gasteiger partial charge in [0.25, 0.3) is 0 Å². The zero-order valence-electron chi connectivity index (χ0n) is 17.5. The van der Waals surface area contributed by atoms with E-state index < -0.39 is 6.16 Å². The fourth-order valence-corrected chi connectivity index (χ4v) is 4.29. The largest absolute Gasteiger partial charge is 0.412 e. The number of ether oxygens (including phenoxy) is 6. The lowest BCUT2D eigenvalue weighted by molar-refractivity contribution is -0.528. The van der Waals surface area contributed by atoms with Crippen LogP contribution in [0.4, 0.5) is 0 Å². The first-order chi connectivity index (χ1) is 15.2. The summed E-state index contributed by atoms with van der Waals surface area (Å²) in [7, 11) is 0. The molecule has 4 fully saturated rings. The van der Waals surface area contributed by atoms with Crippen LogP contribution < -0.4 is 0 Å². The van der Waals surface area contributed by atoms with E-state index in [2.05, 4.69) is 48.5 Å². The van der Waals surface area contributed by atoms with E-state index in [0.717, 1.165) is 26.1 Å². The third-order valence-electron chi connectivity index (χ3n) is 6.48. The van der Waals surface area contributed by atoms with Crippen molar-refractivity contribution in [1.82, 2.24) is 0 Å². The van der Waals surface area contributed by atoms with Gasteiger partial charge >= 0.3 is 6.16 Å². The van der Waals surface area contributed by atoms with Gasteiger partial charge in [-0.25, -0.2) is 0 Å². The van der Waals surface area contributed by atoms with Crippen molar-refractivity contribution < 1.29 is 28.4 Å². The molecule has 4 saturated heterocycles. The normalized spacial score (nSPS) is 34.6. The standard InChI is InChI=1S/C25H28O6/c1-5-19(6-2-17(1)9-23-15-26-23)21-11-28-25(29-12-21)30-13-22(14-31-25)20-7-3-18(4-8-20)10-24-16-27-24/h1-8,21-24H,9-16H2. The fraction of sp³-hybridized carbons (Fsp3) is 0.520. The molecule has 2 aromatic rings. The van der Waals surface area contributed by atoms with Crippen molar-refractivity contribution in [2.24, 2.45) is 0 Å². The Hall–Kier alpha value is -1.80. The van der Waals surface area contributed by atoms with Crippen molar-refractivity contribution in [3.8, 4) is 0 Å². The summed E-state index contributed by atoms with van der Waals surface area (Å²) in [4.78, 5) is 0. The molecular weight excluding hydrogens is 396 g/mol. The number of hydrogen-bond acceptors (Lipinski definition) is 6. The first-order valence-electron chi connectivity index (χ1n) is 11.2. The third-order valence-corrected chi connectivity index (χ3v) is 6.48. The Bertz CT molecular complexity index is 792. The summed E-state index contributed by atoms with van der Waals surface area (Å²) in [6.45, 7) is 3.80. The molecule has 0 bridgehead atoms. The highest BCUT2D eigenvalue weighted by Crippen LogP contribution is 2.35. The maximum absolute atomic E-state index is 5.93. The van der Waals surface area contributed by atoms with Gasteiger partial charge in [0.05, 0.1) is 51.8 Å². The maximum atomic E-state index is 5.93. The van der Waals surface area contributed by atoms with E-state index in [1.807, 2.05) is 0 Å². The van der Waals surface area contributed by atoms with Gasteiger partial charge in [-0.3, -0.25) is 0 Å². The van der Waals surface area contributed by atoms with Crippen LogP contribution in [0.25, 0.3) is 0 Å². The molecule has 2 unspecified atom stereocenters. The van der Waals surface area contributed by atoms with Crippen LogP contribution in [0.2, 0.25) is 0 Å². The molecule has 2 atom stereocenters. The smallest absolute Gasteiger partial charge is 0.373 e. The van der Waals surface area contributed by atoms with Crippen molar-refractivity contribution in [1.29, 1.82) is 0 Å². The molecule has 164 valence electrons. The molecule has 6 heteroatoms. The maximum Gasteiger partial charge on any atom is 0.412 e. The SMILES string of the molecule is c1cc(C2COC3(OC2)OCC(c2ccc(CC4CO4)cc2)CO3)ccc1CC1CO1. The van der Waals surface area contributed by atoms with Crippen LogP contribution in [-0.4, -0.2) is 58.0 Å². The average Bonchev–Trinajstić information content (AvgIpc) is 3.74. The van der Waals surface area contributed by atoms with Gasteiger partial charge in [0, 0.05) is 24.7 Å². The van der Waals surface area contributed by atoms with Crippen LogP contribution >= 0.6 is 0 Å². The summed E-state index contributed by atoms with van der Waals surface area (Å²) in [5, 5.41) is 0. The van der Waals surface area contributed by atoms with Crippen molar-refractivity contribution in [2.45, 2.75) is 43.0 Å². The van der Waals surface area contributed by atoms with Crippen LogP contribution in [0.5, 0.6) is 0 Å². The molecule has 4 aliphatic rings. The van der Waals surface area contributed by atoms with Crippen molar-refractivity contribution in [3.63, 3.8) is 0 Å².